The molecule has 0 aliphatic heterocycles. The van der Waals surface area contributed by atoms with Crippen LogP contribution in [0, 0.1) is 6.92 Å². The number of rotatable bonds is 3. The standard InChI is InChI=1S/C12H15BrN2/c1-9-11(7-15(2)8-13)10-5-3-4-6-12(10)14-9/h3-6,14H,7-8H2,1-2H3. The van der Waals surface area contributed by atoms with Crippen LogP contribution in [-0.2, 0) is 6.54 Å². The topological polar surface area (TPSA) is 19.0 Å². The number of nitrogens with one attached hydrogen (secondary N) is 1. The van der Waals surface area contributed by atoms with Crippen LogP contribution >= 0.6 is 15.9 Å². The minimum Gasteiger partial charge on any atom is -0.358 e. The van der Waals surface area contributed by atoms with Crippen molar-refractivity contribution in [3.63, 3.8) is 0 Å². The first-order chi connectivity index (χ1) is 7.22. The molecule has 0 fully saturated rings. The number of hydrogen-bond donors (Lipinski definition) is 1. The zero-order chi connectivity index (χ0) is 10.8. The fourth-order valence-corrected chi connectivity index (χ4v) is 2.03. The number of aromatic nitrogens is 1. The average Bonchev–Trinajstić information content (AvgIpc) is 2.55. The fourth-order valence-electron chi connectivity index (χ4n) is 1.85. The van der Waals surface area contributed by atoms with Gasteiger partial charge in [-0.3, -0.25) is 4.90 Å². The van der Waals surface area contributed by atoms with Crippen molar-refractivity contribution in [1.29, 1.82) is 0 Å². The summed E-state index contributed by atoms with van der Waals surface area (Å²) in [5, 5.41) is 1.34. The highest BCUT2D eigenvalue weighted by molar-refractivity contribution is 9.09. The highest BCUT2D eigenvalue weighted by Crippen LogP contribution is 2.22. The summed E-state index contributed by atoms with van der Waals surface area (Å²) < 4.78 is 0. The van der Waals surface area contributed by atoms with Gasteiger partial charge in [-0.15, -0.1) is 0 Å². The molecule has 1 aromatic carbocycles. The summed E-state index contributed by atoms with van der Waals surface area (Å²) in [4.78, 5) is 5.65. The summed E-state index contributed by atoms with van der Waals surface area (Å²) in [6.45, 7) is 3.11. The van der Waals surface area contributed by atoms with Crippen molar-refractivity contribution in [2.45, 2.75) is 13.5 Å². The second kappa shape index (κ2) is 4.37. The number of nitrogens with zero attached hydrogens (tertiary/aromatic N) is 1. The lowest BCUT2D eigenvalue weighted by atomic mass is 10.1. The maximum absolute atomic E-state index is 3.46. The lowest BCUT2D eigenvalue weighted by Gasteiger charge is -2.12. The van der Waals surface area contributed by atoms with E-state index in [1.165, 1.54) is 22.2 Å². The van der Waals surface area contributed by atoms with Crippen LogP contribution in [0.5, 0.6) is 0 Å². The van der Waals surface area contributed by atoms with Gasteiger partial charge in [-0.05, 0) is 25.6 Å². The third-order valence-electron chi connectivity index (χ3n) is 2.66. The van der Waals surface area contributed by atoms with Crippen molar-refractivity contribution in [2.24, 2.45) is 0 Å². The largest absolute Gasteiger partial charge is 0.358 e. The van der Waals surface area contributed by atoms with Crippen LogP contribution in [0.1, 0.15) is 11.3 Å². The third kappa shape index (κ3) is 2.08. The molecule has 1 aromatic heterocycles. The van der Waals surface area contributed by atoms with Gasteiger partial charge in [0.05, 0.1) is 5.45 Å². The van der Waals surface area contributed by atoms with Crippen molar-refractivity contribution in [2.75, 3.05) is 12.5 Å². The van der Waals surface area contributed by atoms with E-state index in [9.17, 15) is 0 Å². The maximum atomic E-state index is 3.46. The normalized spacial score (nSPS) is 11.5. The number of aryl methyl sites for hydroxylation is 1. The molecule has 0 saturated carbocycles. The maximum Gasteiger partial charge on any atom is 0.0542 e. The van der Waals surface area contributed by atoms with Crippen molar-refractivity contribution in [3.05, 3.63) is 35.5 Å². The quantitative estimate of drug-likeness (QED) is 0.668. The molecule has 15 heavy (non-hydrogen) atoms. The zero-order valence-electron chi connectivity index (χ0n) is 9.05. The van der Waals surface area contributed by atoms with E-state index in [0.29, 0.717) is 0 Å². The summed E-state index contributed by atoms with van der Waals surface area (Å²) in [6, 6.07) is 8.46. The third-order valence-corrected chi connectivity index (χ3v) is 3.52. The number of hydrogen-bond acceptors (Lipinski definition) is 1. The average molecular weight is 267 g/mol. The number of benzene rings is 1. The Morgan fingerprint density at radius 1 is 1.33 bits per heavy atom. The predicted molar refractivity (Wildman–Crippen MR) is 68.3 cm³/mol. The van der Waals surface area contributed by atoms with Gasteiger partial charge in [0.1, 0.15) is 0 Å². The Bertz CT molecular complexity index is 462. The second-order valence-electron chi connectivity index (χ2n) is 3.91. The monoisotopic (exact) mass is 266 g/mol. The van der Waals surface area contributed by atoms with Gasteiger partial charge in [-0.1, -0.05) is 34.1 Å². The highest BCUT2D eigenvalue weighted by Gasteiger charge is 2.08. The van der Waals surface area contributed by atoms with Gasteiger partial charge in [-0.25, -0.2) is 0 Å². The van der Waals surface area contributed by atoms with Gasteiger partial charge in [-0.2, -0.15) is 0 Å². The van der Waals surface area contributed by atoms with E-state index in [0.717, 1.165) is 12.0 Å². The van der Waals surface area contributed by atoms with E-state index in [1.807, 2.05) is 0 Å². The Kier molecular flexibility index (Phi) is 3.12. The predicted octanol–water partition coefficient (Wildman–Crippen LogP) is 3.26. The number of aromatic amines is 1. The second-order valence-corrected chi connectivity index (χ2v) is 4.41. The molecule has 0 spiro atoms. The van der Waals surface area contributed by atoms with Gasteiger partial charge in [0.25, 0.3) is 0 Å². The van der Waals surface area contributed by atoms with Crippen molar-refractivity contribution < 1.29 is 0 Å². The van der Waals surface area contributed by atoms with Gasteiger partial charge in [0, 0.05) is 23.1 Å². The number of halogens is 1. The van der Waals surface area contributed by atoms with Crippen LogP contribution in [0.3, 0.4) is 0 Å². The van der Waals surface area contributed by atoms with Crippen molar-refractivity contribution >= 4 is 26.8 Å². The number of H-pyrrole nitrogens is 1. The Hall–Kier alpha value is -0.800. The molecular weight excluding hydrogens is 252 g/mol. The van der Waals surface area contributed by atoms with Crippen LogP contribution in [0.25, 0.3) is 10.9 Å². The van der Waals surface area contributed by atoms with Crippen molar-refractivity contribution in [1.82, 2.24) is 9.88 Å². The van der Waals surface area contributed by atoms with E-state index in [2.05, 4.69) is 64.1 Å². The first-order valence-electron chi connectivity index (χ1n) is 5.03. The number of para-hydroxylation sites is 1. The SMILES string of the molecule is Cc1[nH]c2ccccc2c1CN(C)CBr. The molecular formula is C12H15BrN2. The minimum atomic E-state index is 0.895. The van der Waals surface area contributed by atoms with E-state index in [1.54, 1.807) is 0 Å². The minimum absolute atomic E-state index is 0.895. The molecule has 0 aliphatic rings. The van der Waals surface area contributed by atoms with E-state index in [-0.39, 0.29) is 0 Å². The van der Waals surface area contributed by atoms with Crippen LogP contribution in [0.2, 0.25) is 0 Å². The van der Waals surface area contributed by atoms with Gasteiger partial charge >= 0.3 is 0 Å². The first-order valence-corrected chi connectivity index (χ1v) is 6.15. The Balaban J connectivity index is 2.45. The summed E-state index contributed by atoms with van der Waals surface area (Å²) in [5.41, 5.74) is 4.79. The molecule has 1 heterocycles. The Labute approximate surface area is 98.4 Å². The molecule has 0 bridgehead atoms. The summed E-state index contributed by atoms with van der Waals surface area (Å²) in [5.74, 6) is 0. The molecule has 0 aliphatic carbocycles. The molecule has 0 saturated heterocycles. The number of alkyl halides is 1. The molecule has 2 aromatic rings. The van der Waals surface area contributed by atoms with E-state index in [4.69, 9.17) is 0 Å². The van der Waals surface area contributed by atoms with Crippen molar-refractivity contribution in [3.8, 4) is 0 Å². The summed E-state index contributed by atoms with van der Waals surface area (Å²) in [7, 11) is 2.11. The lowest BCUT2D eigenvalue weighted by molar-refractivity contribution is 0.390. The van der Waals surface area contributed by atoms with Gasteiger partial charge in [0.2, 0.25) is 0 Å². The van der Waals surface area contributed by atoms with Crippen LogP contribution < -0.4 is 0 Å². The lowest BCUT2D eigenvalue weighted by Crippen LogP contribution is -2.15. The molecule has 0 unspecified atom stereocenters. The first kappa shape index (κ1) is 10.7. The van der Waals surface area contributed by atoms with Gasteiger partial charge in [0.15, 0.2) is 0 Å². The van der Waals surface area contributed by atoms with Gasteiger partial charge < -0.3 is 4.98 Å². The Morgan fingerprint density at radius 3 is 2.80 bits per heavy atom. The molecule has 0 atom stereocenters. The molecule has 1 N–H and O–H groups in total. The molecule has 0 amide bonds. The highest BCUT2D eigenvalue weighted by atomic mass is 79.9. The summed E-state index contributed by atoms with van der Waals surface area (Å²) in [6.07, 6.45) is 0. The molecule has 2 rings (SSSR count). The summed E-state index contributed by atoms with van der Waals surface area (Å²) >= 11 is 3.46. The molecule has 3 heteroatoms. The Morgan fingerprint density at radius 2 is 2.07 bits per heavy atom. The number of fused-ring (bicyclic) bond motifs is 1. The molecule has 80 valence electrons. The van der Waals surface area contributed by atoms with Crippen LogP contribution in [0.15, 0.2) is 24.3 Å². The van der Waals surface area contributed by atoms with Crippen LogP contribution in [0.4, 0.5) is 0 Å². The van der Waals surface area contributed by atoms with E-state index < -0.39 is 0 Å². The molecule has 0 radical (unpaired) electrons. The smallest absolute Gasteiger partial charge is 0.0542 e. The van der Waals surface area contributed by atoms with Crippen LogP contribution in [-0.4, -0.2) is 22.4 Å². The van der Waals surface area contributed by atoms with E-state index >= 15 is 0 Å². The molecule has 2 nitrogen and oxygen atoms in total. The zero-order valence-corrected chi connectivity index (χ0v) is 10.6. The fraction of sp³-hybridized carbons (Fsp3) is 0.333.